The Hall–Kier alpha value is -1.10. The first kappa shape index (κ1) is 15.0. The van der Waals surface area contributed by atoms with Gasteiger partial charge in [-0.15, -0.1) is 0 Å². The van der Waals surface area contributed by atoms with Crippen molar-refractivity contribution in [2.75, 3.05) is 0 Å². The lowest BCUT2D eigenvalue weighted by molar-refractivity contribution is 0.232. The Balaban J connectivity index is 2.78. The van der Waals surface area contributed by atoms with Gasteiger partial charge in [0.25, 0.3) is 10.0 Å². The predicted molar refractivity (Wildman–Crippen MR) is 59.6 cm³/mol. The molecule has 1 rings (SSSR count). The fourth-order valence-corrected chi connectivity index (χ4v) is 2.05. The van der Waals surface area contributed by atoms with Crippen LogP contribution >= 0.6 is 0 Å². The summed E-state index contributed by atoms with van der Waals surface area (Å²) in [6, 6.07) is 4.85. The van der Waals surface area contributed by atoms with Gasteiger partial charge in [-0.25, -0.2) is 26.7 Å². The molecule has 0 heterocycles. The lowest BCUT2D eigenvalue weighted by Gasteiger charge is -2.06. The van der Waals surface area contributed by atoms with Gasteiger partial charge in [-0.2, -0.15) is 8.78 Å². The van der Waals surface area contributed by atoms with E-state index >= 15 is 0 Å². The van der Waals surface area contributed by atoms with Crippen LogP contribution < -0.4 is 9.86 Å². The normalized spacial score (nSPS) is 12.9. The maximum Gasteiger partial charge on any atom is 0.350 e. The van der Waals surface area contributed by atoms with Crippen molar-refractivity contribution in [3.8, 4) is 0 Å². The highest BCUT2D eigenvalue weighted by molar-refractivity contribution is 7.89. The first-order valence-electron chi connectivity index (χ1n) is 4.51. The van der Waals surface area contributed by atoms with Crippen LogP contribution in [-0.4, -0.2) is 22.6 Å². The molecule has 0 saturated heterocycles. The van der Waals surface area contributed by atoms with Crippen molar-refractivity contribution in [1.82, 2.24) is 4.72 Å². The average molecular weight is 300 g/mol. The van der Waals surface area contributed by atoms with Gasteiger partial charge in [-0.1, -0.05) is 12.1 Å². The summed E-state index contributed by atoms with van der Waals surface area (Å²) in [6.07, 6.45) is 0. The van der Waals surface area contributed by atoms with E-state index in [0.29, 0.717) is 5.56 Å². The van der Waals surface area contributed by atoms with Crippen molar-refractivity contribution in [2.45, 2.75) is 17.2 Å². The minimum absolute atomic E-state index is 0.150. The largest absolute Gasteiger partial charge is 0.350 e. The van der Waals surface area contributed by atoms with E-state index in [1.165, 1.54) is 12.1 Å². The first-order chi connectivity index (χ1) is 8.13. The summed E-state index contributed by atoms with van der Waals surface area (Å²) in [5.41, 5.74) is 0.326. The predicted octanol–water partition coefficient (Wildman–Crippen LogP) is -0.0240. The molecule has 102 valence electrons. The van der Waals surface area contributed by atoms with Crippen LogP contribution in [0.4, 0.5) is 8.78 Å². The van der Waals surface area contributed by atoms with Gasteiger partial charge in [0.2, 0.25) is 10.0 Å². The van der Waals surface area contributed by atoms with E-state index in [0.717, 1.165) is 12.1 Å². The molecule has 0 amide bonds. The van der Waals surface area contributed by atoms with Crippen LogP contribution in [0.5, 0.6) is 0 Å². The fourth-order valence-electron chi connectivity index (χ4n) is 1.04. The molecule has 6 nitrogen and oxygen atoms in total. The third kappa shape index (κ3) is 3.98. The summed E-state index contributed by atoms with van der Waals surface area (Å²) in [7, 11) is -8.50. The Morgan fingerprint density at radius 2 is 1.61 bits per heavy atom. The molecule has 0 unspecified atom stereocenters. The molecule has 0 aliphatic rings. The number of rotatable bonds is 5. The van der Waals surface area contributed by atoms with Crippen LogP contribution in [0.3, 0.4) is 0 Å². The summed E-state index contributed by atoms with van der Waals surface area (Å²) >= 11 is 0. The summed E-state index contributed by atoms with van der Waals surface area (Å²) in [5.74, 6) is -3.51. The first-order valence-corrected chi connectivity index (χ1v) is 7.60. The quantitative estimate of drug-likeness (QED) is 0.796. The van der Waals surface area contributed by atoms with E-state index in [-0.39, 0.29) is 11.4 Å². The Bertz CT molecular complexity index is 611. The van der Waals surface area contributed by atoms with Crippen LogP contribution in [-0.2, 0) is 26.6 Å². The zero-order valence-electron chi connectivity index (χ0n) is 8.88. The average Bonchev–Trinajstić information content (AvgIpc) is 2.25. The van der Waals surface area contributed by atoms with Gasteiger partial charge in [0.1, 0.15) is 0 Å². The van der Waals surface area contributed by atoms with E-state index in [1.807, 2.05) is 0 Å². The highest BCUT2D eigenvalue weighted by Crippen LogP contribution is 2.09. The molecular weight excluding hydrogens is 290 g/mol. The van der Waals surface area contributed by atoms with E-state index in [9.17, 15) is 25.6 Å². The number of nitrogens with one attached hydrogen (secondary N) is 1. The maximum atomic E-state index is 12.0. The monoisotopic (exact) mass is 300 g/mol. The topological polar surface area (TPSA) is 106 Å². The molecule has 0 saturated carbocycles. The standard InChI is InChI=1S/C8H10F2N2O4S2/c9-8(10)18(15,16)12-5-6-1-3-7(4-2-6)17(11,13)14/h1-4,8,12H,5H2,(H2,11,13,14). The van der Waals surface area contributed by atoms with E-state index in [4.69, 9.17) is 5.14 Å². The second-order valence-corrected chi connectivity index (χ2v) is 6.61. The number of hydrogen-bond donors (Lipinski definition) is 2. The number of primary sulfonamides is 1. The summed E-state index contributed by atoms with van der Waals surface area (Å²) in [4.78, 5) is -0.150. The van der Waals surface area contributed by atoms with Crippen LogP contribution in [0.25, 0.3) is 0 Å². The third-order valence-electron chi connectivity index (χ3n) is 1.96. The molecule has 0 aliphatic heterocycles. The molecule has 0 aliphatic carbocycles. The highest BCUT2D eigenvalue weighted by atomic mass is 32.2. The second kappa shape index (κ2) is 5.26. The second-order valence-electron chi connectivity index (χ2n) is 3.32. The lowest BCUT2D eigenvalue weighted by atomic mass is 10.2. The van der Waals surface area contributed by atoms with Gasteiger partial charge in [0.05, 0.1) is 4.90 Å². The molecule has 0 fully saturated rings. The van der Waals surface area contributed by atoms with Crippen molar-refractivity contribution in [2.24, 2.45) is 5.14 Å². The van der Waals surface area contributed by atoms with Gasteiger partial charge < -0.3 is 0 Å². The molecule has 10 heteroatoms. The smallest absolute Gasteiger partial charge is 0.225 e. The Kier molecular flexibility index (Phi) is 4.37. The minimum atomic E-state index is -4.66. The molecule has 0 radical (unpaired) electrons. The van der Waals surface area contributed by atoms with Crippen LogP contribution in [0.2, 0.25) is 0 Å². The molecule has 0 aromatic heterocycles. The molecule has 0 spiro atoms. The number of hydrogen-bond acceptors (Lipinski definition) is 4. The molecule has 3 N–H and O–H groups in total. The van der Waals surface area contributed by atoms with Gasteiger partial charge in [0.15, 0.2) is 0 Å². The minimum Gasteiger partial charge on any atom is -0.225 e. The number of benzene rings is 1. The van der Waals surface area contributed by atoms with Crippen LogP contribution in [0.15, 0.2) is 29.2 Å². The van der Waals surface area contributed by atoms with Crippen LogP contribution in [0, 0.1) is 0 Å². The Morgan fingerprint density at radius 1 is 1.11 bits per heavy atom. The van der Waals surface area contributed by atoms with E-state index in [1.54, 1.807) is 4.72 Å². The molecular formula is C8H10F2N2O4S2. The fraction of sp³-hybridized carbons (Fsp3) is 0.250. The Labute approximate surface area is 103 Å². The number of nitrogens with two attached hydrogens (primary N) is 1. The van der Waals surface area contributed by atoms with E-state index in [2.05, 4.69) is 0 Å². The van der Waals surface area contributed by atoms with E-state index < -0.39 is 25.8 Å². The Morgan fingerprint density at radius 3 is 2.00 bits per heavy atom. The van der Waals surface area contributed by atoms with Crippen LogP contribution in [0.1, 0.15) is 5.56 Å². The molecule has 1 aromatic rings. The van der Waals surface area contributed by atoms with Crippen molar-refractivity contribution < 1.29 is 25.6 Å². The molecule has 0 bridgehead atoms. The van der Waals surface area contributed by atoms with Crippen molar-refractivity contribution >= 4 is 20.0 Å². The SMILES string of the molecule is NS(=O)(=O)c1ccc(CNS(=O)(=O)C(F)F)cc1. The highest BCUT2D eigenvalue weighted by Gasteiger charge is 2.22. The van der Waals surface area contributed by atoms with Crippen molar-refractivity contribution in [3.63, 3.8) is 0 Å². The van der Waals surface area contributed by atoms with Gasteiger partial charge in [-0.3, -0.25) is 0 Å². The number of alkyl halides is 2. The van der Waals surface area contributed by atoms with Gasteiger partial charge in [0, 0.05) is 6.54 Å². The van der Waals surface area contributed by atoms with Crippen molar-refractivity contribution in [1.29, 1.82) is 0 Å². The van der Waals surface area contributed by atoms with Gasteiger partial charge >= 0.3 is 5.76 Å². The summed E-state index contributed by atoms with van der Waals surface area (Å²) in [5, 5.41) is 4.85. The molecule has 1 aromatic carbocycles. The summed E-state index contributed by atoms with van der Waals surface area (Å²) in [6.45, 7) is -0.364. The number of sulfonamides is 2. The zero-order valence-corrected chi connectivity index (χ0v) is 10.5. The molecule has 18 heavy (non-hydrogen) atoms. The summed E-state index contributed by atoms with van der Waals surface area (Å²) < 4.78 is 69.0. The maximum absolute atomic E-state index is 12.0. The third-order valence-corrected chi connectivity index (χ3v) is 3.91. The molecule has 0 atom stereocenters. The number of halogens is 2. The zero-order chi connectivity index (χ0) is 14.0. The van der Waals surface area contributed by atoms with Crippen molar-refractivity contribution in [3.05, 3.63) is 29.8 Å². The van der Waals surface area contributed by atoms with Gasteiger partial charge in [-0.05, 0) is 17.7 Å². The lowest BCUT2D eigenvalue weighted by Crippen LogP contribution is -2.28.